The third-order valence-corrected chi connectivity index (χ3v) is 6.81. The van der Waals surface area contributed by atoms with Crippen LogP contribution in [0.15, 0.2) is 12.1 Å². The van der Waals surface area contributed by atoms with Crippen molar-refractivity contribution in [1.29, 1.82) is 0 Å². The van der Waals surface area contributed by atoms with E-state index in [9.17, 15) is 8.42 Å². The van der Waals surface area contributed by atoms with Crippen molar-refractivity contribution in [3.63, 3.8) is 0 Å². The molecule has 2 N–H and O–H groups in total. The van der Waals surface area contributed by atoms with Gasteiger partial charge in [-0.15, -0.1) is 0 Å². The lowest BCUT2D eigenvalue weighted by atomic mass is 10.1. The molecule has 1 fully saturated rings. The Kier molecular flexibility index (Phi) is 6.70. The van der Waals surface area contributed by atoms with E-state index < -0.39 is 9.84 Å². The molecular weight excluding hydrogens is 378 g/mol. The maximum Gasteiger partial charge on any atom is 0.173 e. The second-order valence-electron chi connectivity index (χ2n) is 7.08. The number of anilines is 1. The van der Waals surface area contributed by atoms with Crippen LogP contribution >= 0.6 is 23.8 Å². The molecule has 0 radical (unpaired) electrons. The summed E-state index contributed by atoms with van der Waals surface area (Å²) in [7, 11) is 1.17. The van der Waals surface area contributed by atoms with Crippen molar-refractivity contribution < 1.29 is 13.3 Å². The quantitative estimate of drug-likeness (QED) is 0.724. The van der Waals surface area contributed by atoms with Gasteiger partial charge in [-0.1, -0.05) is 17.7 Å². The summed E-state index contributed by atoms with van der Waals surface area (Å²) in [6.07, 6.45) is 0.619. The summed E-state index contributed by atoms with van der Waals surface area (Å²) in [6.45, 7) is 5.56. The summed E-state index contributed by atoms with van der Waals surface area (Å²) in [4.78, 5) is 3.31. The highest BCUT2D eigenvalue weighted by Gasteiger charge is 2.33. The van der Waals surface area contributed by atoms with E-state index in [0.29, 0.717) is 23.1 Å². The zero-order valence-corrected chi connectivity index (χ0v) is 17.6. The van der Waals surface area contributed by atoms with Gasteiger partial charge in [0.05, 0.1) is 49.4 Å². The molecule has 1 heterocycles. The van der Waals surface area contributed by atoms with Crippen molar-refractivity contribution >= 4 is 44.5 Å². The lowest BCUT2D eigenvalue weighted by Crippen LogP contribution is -3.06. The van der Waals surface area contributed by atoms with E-state index in [1.54, 1.807) is 0 Å². The number of rotatable bonds is 5. The standard InChI is InChI=1S/C17H26ClN3O2S2/c1-12-9-13(2)16(15(18)10-12)19-17(24)21(7-6-20(3)4)14-5-8-25(22,23)11-14/h9-10,14H,5-8,11H2,1-4H3,(H,19,24)/p+1/t14-/m0/s1. The Balaban J connectivity index is 2.20. The summed E-state index contributed by atoms with van der Waals surface area (Å²) in [5.74, 6) is 0.397. The summed E-state index contributed by atoms with van der Waals surface area (Å²) >= 11 is 12.0. The Labute approximate surface area is 161 Å². The molecule has 0 unspecified atom stereocenters. The Hall–Kier alpha value is -0.890. The van der Waals surface area contributed by atoms with E-state index in [0.717, 1.165) is 23.4 Å². The first-order valence-corrected chi connectivity index (χ1v) is 11.0. The highest BCUT2D eigenvalue weighted by molar-refractivity contribution is 7.91. The van der Waals surface area contributed by atoms with Crippen molar-refractivity contribution in [1.82, 2.24) is 4.90 Å². The van der Waals surface area contributed by atoms with Crippen molar-refractivity contribution in [2.24, 2.45) is 0 Å². The number of quaternary nitrogens is 1. The van der Waals surface area contributed by atoms with E-state index in [-0.39, 0.29) is 17.5 Å². The summed E-state index contributed by atoms with van der Waals surface area (Å²) < 4.78 is 23.8. The van der Waals surface area contributed by atoms with Crippen LogP contribution in [0.4, 0.5) is 5.69 Å². The first kappa shape index (κ1) is 20.4. The molecule has 0 spiro atoms. The van der Waals surface area contributed by atoms with Crippen LogP contribution in [0.1, 0.15) is 17.5 Å². The predicted molar refractivity (Wildman–Crippen MR) is 109 cm³/mol. The zero-order chi connectivity index (χ0) is 18.8. The molecule has 5 nitrogen and oxygen atoms in total. The van der Waals surface area contributed by atoms with E-state index in [1.807, 2.05) is 30.9 Å². The van der Waals surface area contributed by atoms with Crippen LogP contribution in [0.5, 0.6) is 0 Å². The molecule has 1 aromatic rings. The molecule has 0 saturated carbocycles. The highest BCUT2D eigenvalue weighted by Crippen LogP contribution is 2.28. The fourth-order valence-electron chi connectivity index (χ4n) is 3.07. The third-order valence-electron chi connectivity index (χ3n) is 4.43. The first-order valence-electron chi connectivity index (χ1n) is 8.43. The number of benzene rings is 1. The number of thiocarbonyl (C=S) groups is 1. The number of hydrogen-bond donors (Lipinski definition) is 2. The number of sulfone groups is 1. The Morgan fingerprint density at radius 3 is 2.60 bits per heavy atom. The van der Waals surface area contributed by atoms with Crippen LogP contribution in [0, 0.1) is 13.8 Å². The number of likely N-dealkylation sites (N-methyl/N-ethyl adjacent to an activating group) is 1. The third kappa shape index (κ3) is 5.54. The van der Waals surface area contributed by atoms with Crippen LogP contribution in [0.3, 0.4) is 0 Å². The highest BCUT2D eigenvalue weighted by atomic mass is 35.5. The van der Waals surface area contributed by atoms with Crippen molar-refractivity contribution in [3.8, 4) is 0 Å². The van der Waals surface area contributed by atoms with Gasteiger partial charge in [0.25, 0.3) is 0 Å². The summed E-state index contributed by atoms with van der Waals surface area (Å²) in [6, 6.07) is 3.87. The molecule has 1 aromatic carbocycles. The normalized spacial score (nSPS) is 19.2. The molecule has 25 heavy (non-hydrogen) atoms. The van der Waals surface area contributed by atoms with E-state index in [2.05, 4.69) is 19.4 Å². The lowest BCUT2D eigenvalue weighted by Gasteiger charge is -2.31. The van der Waals surface area contributed by atoms with Gasteiger partial charge in [0, 0.05) is 6.04 Å². The number of nitrogens with zero attached hydrogens (tertiary/aromatic N) is 1. The fraction of sp³-hybridized carbons (Fsp3) is 0.588. The van der Waals surface area contributed by atoms with Crippen LogP contribution in [0.25, 0.3) is 0 Å². The van der Waals surface area contributed by atoms with Crippen LogP contribution in [0.2, 0.25) is 5.02 Å². The van der Waals surface area contributed by atoms with E-state index in [4.69, 9.17) is 23.8 Å². The molecule has 0 amide bonds. The summed E-state index contributed by atoms with van der Waals surface area (Å²) in [5.41, 5.74) is 2.90. The Morgan fingerprint density at radius 2 is 2.08 bits per heavy atom. The second-order valence-corrected chi connectivity index (χ2v) is 10.1. The van der Waals surface area contributed by atoms with Gasteiger partial charge in [-0.2, -0.15) is 0 Å². The SMILES string of the molecule is Cc1cc(C)c(NC(=S)N(CC[NH+](C)C)[C@H]2CCS(=O)(=O)C2)c(Cl)c1. The van der Waals surface area contributed by atoms with Crippen molar-refractivity contribution in [2.45, 2.75) is 26.3 Å². The minimum Gasteiger partial charge on any atom is -0.339 e. The number of halogens is 1. The number of hydrogen-bond acceptors (Lipinski definition) is 3. The fourth-order valence-corrected chi connectivity index (χ4v) is 5.51. The number of aryl methyl sites for hydroxylation is 2. The minimum absolute atomic E-state index is 0.0751. The van der Waals surface area contributed by atoms with Gasteiger partial charge in [-0.05, 0) is 49.7 Å². The Morgan fingerprint density at radius 1 is 1.40 bits per heavy atom. The van der Waals surface area contributed by atoms with Gasteiger partial charge >= 0.3 is 0 Å². The lowest BCUT2D eigenvalue weighted by molar-refractivity contribution is -0.857. The van der Waals surface area contributed by atoms with Crippen LogP contribution in [-0.4, -0.2) is 63.2 Å². The molecule has 1 aliphatic heterocycles. The van der Waals surface area contributed by atoms with Crippen LogP contribution in [-0.2, 0) is 9.84 Å². The van der Waals surface area contributed by atoms with E-state index >= 15 is 0 Å². The average molecular weight is 405 g/mol. The van der Waals surface area contributed by atoms with Gasteiger partial charge in [0.1, 0.15) is 0 Å². The average Bonchev–Trinajstić information content (AvgIpc) is 2.82. The van der Waals surface area contributed by atoms with E-state index in [1.165, 1.54) is 4.90 Å². The largest absolute Gasteiger partial charge is 0.339 e. The van der Waals surface area contributed by atoms with Gasteiger partial charge in [0.2, 0.25) is 0 Å². The van der Waals surface area contributed by atoms with Crippen LogP contribution < -0.4 is 10.2 Å². The maximum atomic E-state index is 11.9. The molecule has 0 bridgehead atoms. The second kappa shape index (κ2) is 8.20. The Bertz CT molecular complexity index is 727. The number of nitrogens with one attached hydrogen (secondary N) is 2. The molecule has 8 heteroatoms. The molecule has 1 saturated heterocycles. The smallest absolute Gasteiger partial charge is 0.173 e. The first-order chi connectivity index (χ1) is 11.6. The maximum absolute atomic E-state index is 11.9. The molecule has 1 aliphatic rings. The van der Waals surface area contributed by atoms with Crippen molar-refractivity contribution in [2.75, 3.05) is 44.0 Å². The zero-order valence-electron chi connectivity index (χ0n) is 15.2. The van der Waals surface area contributed by atoms with Gasteiger partial charge in [-0.3, -0.25) is 0 Å². The topological polar surface area (TPSA) is 53.9 Å². The molecule has 0 aliphatic carbocycles. The molecular formula is C17H27ClN3O2S2+. The molecule has 1 atom stereocenters. The van der Waals surface area contributed by atoms with Gasteiger partial charge in [0.15, 0.2) is 14.9 Å². The molecule has 2 rings (SSSR count). The van der Waals surface area contributed by atoms with Gasteiger partial charge in [-0.25, -0.2) is 8.42 Å². The minimum atomic E-state index is -2.97. The monoisotopic (exact) mass is 404 g/mol. The van der Waals surface area contributed by atoms with Gasteiger partial charge < -0.3 is 15.1 Å². The summed E-state index contributed by atoms with van der Waals surface area (Å²) in [5, 5.41) is 4.42. The molecule has 0 aromatic heterocycles. The van der Waals surface area contributed by atoms with Crippen molar-refractivity contribution in [3.05, 3.63) is 28.3 Å². The predicted octanol–water partition coefficient (Wildman–Crippen LogP) is 1.29. The molecule has 140 valence electrons.